The molecule has 5 rings (SSSR count). The van der Waals surface area contributed by atoms with Crippen LogP contribution in [0.2, 0.25) is 0 Å². The van der Waals surface area contributed by atoms with Crippen LogP contribution in [0.4, 0.5) is 0 Å². The van der Waals surface area contributed by atoms with Gasteiger partial charge in [-0.15, -0.1) is 9.81 Å². The summed E-state index contributed by atoms with van der Waals surface area (Å²) in [6.45, 7) is 0. The highest BCUT2D eigenvalue weighted by molar-refractivity contribution is 4.92. The second-order valence-electron chi connectivity index (χ2n) is 7.13. The van der Waals surface area contributed by atoms with E-state index in [0.29, 0.717) is 24.7 Å². The fourth-order valence-corrected chi connectivity index (χ4v) is 4.13. The normalized spacial score (nSPS) is 41.8. The summed E-state index contributed by atoms with van der Waals surface area (Å²) in [4.78, 5) is 3.43. The number of fused-ring (bicyclic) bond motifs is 8. The highest BCUT2D eigenvalue weighted by Gasteiger charge is 2.32. The second kappa shape index (κ2) is 6.04. The van der Waals surface area contributed by atoms with Gasteiger partial charge in [0.25, 0.3) is 0 Å². The highest BCUT2D eigenvalue weighted by atomic mass is 15.9. The number of H-pyrrole nitrogens is 3. The lowest BCUT2D eigenvalue weighted by Gasteiger charge is -2.24. The lowest BCUT2D eigenvalue weighted by Crippen LogP contribution is -2.56. The van der Waals surface area contributed by atoms with E-state index in [0.717, 1.165) is 38.5 Å². The van der Waals surface area contributed by atoms with Crippen molar-refractivity contribution in [3.8, 4) is 0 Å². The molecule has 3 saturated heterocycles. The first-order valence-electron chi connectivity index (χ1n) is 9.01. The molecular weight excluding hydrogens is 312 g/mol. The highest BCUT2D eigenvalue weighted by Crippen LogP contribution is 2.16. The Morgan fingerprint density at radius 1 is 0.458 bits per heavy atom. The summed E-state index contributed by atoms with van der Waals surface area (Å²) in [6, 6.07) is 0. The number of nitrogens with zero attached hydrogens (tertiary/aromatic N) is 2. The summed E-state index contributed by atoms with van der Waals surface area (Å²) in [5.74, 6) is 0. The van der Waals surface area contributed by atoms with Gasteiger partial charge in [0.1, 0.15) is 0 Å². The SMILES string of the molecule is C1CC2NC1NC1CCC(N1)Nn1[nH][nH]n([nH]1)NC1CCC(N2)N1. The zero-order valence-electron chi connectivity index (χ0n) is 13.6. The molecule has 1 aromatic rings. The third kappa shape index (κ3) is 3.02. The molecule has 5 heterocycles. The van der Waals surface area contributed by atoms with E-state index in [1.807, 2.05) is 0 Å². The van der Waals surface area contributed by atoms with Crippen molar-refractivity contribution < 1.29 is 0 Å². The number of hydrogen-bond donors (Lipinski definition) is 10. The third-order valence-corrected chi connectivity index (χ3v) is 5.29. The number of hydrogen-bond acceptors (Lipinski definition) is 7. The van der Waals surface area contributed by atoms with Crippen LogP contribution in [0, 0.1) is 0 Å². The van der Waals surface area contributed by atoms with E-state index in [1.54, 1.807) is 9.81 Å². The van der Waals surface area contributed by atoms with Crippen molar-refractivity contribution in [2.75, 3.05) is 10.9 Å². The second-order valence-corrected chi connectivity index (χ2v) is 7.13. The molecule has 24 heavy (non-hydrogen) atoms. The van der Waals surface area contributed by atoms with E-state index >= 15 is 0 Å². The standard InChI is InChI=1S/C12H28N12/c1-2-8-13-7(1)14-9-3-5-11(16-9)18-23-20-21-24(22-23)19-12-6-4-10(15-8)17-12/h7-22H,1-6H2. The van der Waals surface area contributed by atoms with Crippen molar-refractivity contribution >= 4 is 0 Å². The summed E-state index contributed by atoms with van der Waals surface area (Å²) in [7, 11) is 0. The number of aromatic amines is 3. The summed E-state index contributed by atoms with van der Waals surface area (Å²) >= 11 is 0. The Labute approximate surface area is 139 Å². The fourth-order valence-electron chi connectivity index (χ4n) is 4.13. The molecule has 0 aliphatic carbocycles. The van der Waals surface area contributed by atoms with E-state index in [1.165, 1.54) is 0 Å². The summed E-state index contributed by atoms with van der Waals surface area (Å²) < 4.78 is 0. The fraction of sp³-hybridized carbons (Fsp3) is 1.00. The van der Waals surface area contributed by atoms with Crippen LogP contribution in [0.1, 0.15) is 38.5 Å². The molecule has 12 heteroatoms. The minimum absolute atomic E-state index is 0.210. The topological polar surface area (TPSA) is 141 Å². The lowest BCUT2D eigenvalue weighted by atomic mass is 10.2. The van der Waals surface area contributed by atoms with Crippen molar-refractivity contribution in [1.29, 1.82) is 0 Å². The molecule has 4 aliphatic rings. The first kappa shape index (κ1) is 14.7. The molecular formula is C12H28N12. The van der Waals surface area contributed by atoms with Crippen LogP contribution in [-0.4, -0.2) is 62.4 Å². The zero-order chi connectivity index (χ0) is 15.9. The van der Waals surface area contributed by atoms with Crippen LogP contribution in [0.3, 0.4) is 0 Å². The van der Waals surface area contributed by atoms with Gasteiger partial charge in [-0.2, -0.15) is 15.6 Å². The Hall–Kier alpha value is -1.60. The van der Waals surface area contributed by atoms with Gasteiger partial charge in [0.05, 0.1) is 37.0 Å². The Kier molecular flexibility index (Phi) is 3.70. The van der Waals surface area contributed by atoms with E-state index in [2.05, 4.69) is 53.1 Å². The number of rotatable bonds is 0. The number of nitrogens with one attached hydrogen (secondary N) is 10. The van der Waals surface area contributed by atoms with Crippen LogP contribution < -0.4 is 37.4 Å². The molecule has 1 aromatic heterocycles. The molecule has 0 saturated carbocycles. The van der Waals surface area contributed by atoms with Crippen molar-refractivity contribution in [2.24, 2.45) is 0 Å². The molecule has 0 aromatic carbocycles. The van der Waals surface area contributed by atoms with Crippen LogP contribution >= 0.6 is 0 Å². The van der Waals surface area contributed by atoms with Gasteiger partial charge in [0.15, 0.2) is 0 Å². The molecule has 0 radical (unpaired) electrons. The lowest BCUT2D eigenvalue weighted by molar-refractivity contribution is 0.327. The quantitative estimate of drug-likeness (QED) is 0.258. The van der Waals surface area contributed by atoms with Gasteiger partial charge in [0, 0.05) is 0 Å². The van der Waals surface area contributed by atoms with E-state index in [9.17, 15) is 0 Å². The maximum atomic E-state index is 3.68. The zero-order valence-corrected chi connectivity index (χ0v) is 13.6. The van der Waals surface area contributed by atoms with Gasteiger partial charge in [-0.1, -0.05) is 0 Å². The summed E-state index contributed by atoms with van der Waals surface area (Å²) in [5.41, 5.74) is 6.74. The van der Waals surface area contributed by atoms with Crippen LogP contribution in [0.5, 0.6) is 0 Å². The largest absolute Gasteiger partial charge is 0.286 e. The minimum Gasteiger partial charge on any atom is -0.286 e. The smallest absolute Gasteiger partial charge is 0.0962 e. The van der Waals surface area contributed by atoms with Crippen molar-refractivity contribution in [3.63, 3.8) is 0 Å². The van der Waals surface area contributed by atoms with Gasteiger partial charge in [-0.25, -0.2) is 0 Å². The van der Waals surface area contributed by atoms with Gasteiger partial charge in [0.2, 0.25) is 0 Å². The van der Waals surface area contributed by atoms with Crippen LogP contribution in [-0.2, 0) is 0 Å². The molecule has 10 N–H and O–H groups in total. The van der Waals surface area contributed by atoms with Gasteiger partial charge in [-0.05, 0) is 38.5 Å². The summed E-state index contributed by atoms with van der Waals surface area (Å²) in [5, 5.41) is 27.4. The molecule has 0 amide bonds. The maximum Gasteiger partial charge on any atom is 0.0962 e. The summed E-state index contributed by atoms with van der Waals surface area (Å²) in [6.07, 6.45) is 8.41. The molecule has 136 valence electrons. The van der Waals surface area contributed by atoms with E-state index in [4.69, 9.17) is 0 Å². The molecule has 4 aliphatic heterocycles. The first-order chi connectivity index (χ1) is 11.8. The van der Waals surface area contributed by atoms with Crippen molar-refractivity contribution in [3.05, 3.63) is 0 Å². The van der Waals surface area contributed by atoms with Crippen LogP contribution in [0.25, 0.3) is 0 Å². The van der Waals surface area contributed by atoms with E-state index in [-0.39, 0.29) is 12.3 Å². The average molecular weight is 340 g/mol. The molecule has 3 fully saturated rings. The van der Waals surface area contributed by atoms with E-state index < -0.39 is 0 Å². The number of aromatic nitrogens is 5. The Morgan fingerprint density at radius 2 is 0.792 bits per heavy atom. The molecule has 6 atom stereocenters. The van der Waals surface area contributed by atoms with Crippen molar-refractivity contribution in [2.45, 2.75) is 75.5 Å². The monoisotopic (exact) mass is 340 g/mol. The molecule has 0 spiro atoms. The Morgan fingerprint density at radius 3 is 1.21 bits per heavy atom. The van der Waals surface area contributed by atoms with Gasteiger partial charge < -0.3 is 0 Å². The third-order valence-electron chi connectivity index (χ3n) is 5.29. The first-order valence-corrected chi connectivity index (χ1v) is 9.01. The Balaban J connectivity index is 1.33. The predicted molar refractivity (Wildman–Crippen MR) is 87.9 cm³/mol. The van der Waals surface area contributed by atoms with Gasteiger partial charge >= 0.3 is 0 Å². The van der Waals surface area contributed by atoms with Crippen LogP contribution in [0.15, 0.2) is 0 Å². The maximum absolute atomic E-state index is 3.68. The van der Waals surface area contributed by atoms with Crippen molar-refractivity contribution in [1.82, 2.24) is 52.0 Å². The van der Waals surface area contributed by atoms with Gasteiger partial charge in [-0.3, -0.25) is 37.4 Å². The molecule has 6 unspecified atom stereocenters. The molecule has 8 bridgehead atoms. The average Bonchev–Trinajstić information content (AvgIpc) is 3.32. The minimum atomic E-state index is 0.210. The Bertz CT molecular complexity index is 530. The predicted octanol–water partition coefficient (Wildman–Crippen LogP) is -2.22. The molecule has 12 nitrogen and oxygen atoms in total.